The van der Waals surface area contributed by atoms with Gasteiger partial charge in [-0.25, -0.2) is 4.79 Å². The number of carboxylic acids is 1. The van der Waals surface area contributed by atoms with Crippen LogP contribution in [0.25, 0.3) is 0 Å². The van der Waals surface area contributed by atoms with Gasteiger partial charge < -0.3 is 39.7 Å². The van der Waals surface area contributed by atoms with Crippen LogP contribution in [-0.4, -0.2) is 95.3 Å². The zero-order valence-corrected chi connectivity index (χ0v) is 22.1. The molecule has 0 saturated carbocycles. The van der Waals surface area contributed by atoms with Crippen molar-refractivity contribution in [2.45, 2.75) is 68.0 Å². The quantitative estimate of drug-likeness (QED) is 0.364. The van der Waals surface area contributed by atoms with E-state index in [0.717, 1.165) is 17.7 Å². The highest BCUT2D eigenvalue weighted by molar-refractivity contribution is 5.80. The average molecular weight is 573 g/mol. The molecule has 1 spiro atoms. The summed E-state index contributed by atoms with van der Waals surface area (Å²) in [4.78, 5) is 35.2. The largest absolute Gasteiger partial charge is 0.493 e. The molecule has 0 aromatic heterocycles. The second kappa shape index (κ2) is 10.6. The summed E-state index contributed by atoms with van der Waals surface area (Å²) in [6.07, 6.45) is -3.43. The number of carboxylic acid groups (broad SMARTS) is 1. The average Bonchev–Trinajstić information content (AvgIpc) is 3.23. The fourth-order valence-electron chi connectivity index (χ4n) is 6.21. The smallest absolute Gasteiger partial charge is 0.490 e. The Bertz CT molecular complexity index is 1230. The van der Waals surface area contributed by atoms with E-state index in [9.17, 15) is 33.0 Å². The van der Waals surface area contributed by atoms with Gasteiger partial charge >= 0.3 is 18.1 Å². The number of aliphatic carboxylic acids is 1. The number of carbonyl (C=O) groups excluding carboxylic acids is 2. The van der Waals surface area contributed by atoms with E-state index in [2.05, 4.69) is 10.2 Å². The van der Waals surface area contributed by atoms with Crippen molar-refractivity contribution in [1.29, 1.82) is 0 Å². The normalized spacial score (nSPS) is 28.6. The molecule has 0 unspecified atom stereocenters. The summed E-state index contributed by atoms with van der Waals surface area (Å²) in [5, 5.41) is 31.0. The summed E-state index contributed by atoms with van der Waals surface area (Å²) < 4.78 is 49.5. The number of hydrogen-bond acceptors (Lipinski definition) is 9. The van der Waals surface area contributed by atoms with E-state index >= 15 is 0 Å². The van der Waals surface area contributed by atoms with Crippen LogP contribution in [0.1, 0.15) is 37.3 Å². The molecule has 5 atom stereocenters. The van der Waals surface area contributed by atoms with E-state index < -0.39 is 47.2 Å². The predicted molar refractivity (Wildman–Crippen MR) is 131 cm³/mol. The van der Waals surface area contributed by atoms with E-state index in [-0.39, 0.29) is 19.0 Å². The van der Waals surface area contributed by atoms with Crippen LogP contribution in [0.3, 0.4) is 0 Å². The Labute approximate surface area is 227 Å². The summed E-state index contributed by atoms with van der Waals surface area (Å²) in [7, 11) is 3.63. The predicted octanol–water partition coefficient (Wildman–Crippen LogP) is 1.04. The number of halogens is 3. The van der Waals surface area contributed by atoms with E-state index in [1.807, 2.05) is 19.2 Å². The summed E-state index contributed by atoms with van der Waals surface area (Å²) in [6.45, 7) is 2.20. The van der Waals surface area contributed by atoms with Crippen LogP contribution in [0.5, 0.6) is 11.5 Å². The van der Waals surface area contributed by atoms with Gasteiger partial charge in [0.15, 0.2) is 17.6 Å². The number of piperidine rings is 1. The van der Waals surface area contributed by atoms with Crippen molar-refractivity contribution in [3.63, 3.8) is 0 Å². The summed E-state index contributed by atoms with van der Waals surface area (Å²) in [5.74, 6) is -2.20. The number of benzene rings is 1. The van der Waals surface area contributed by atoms with E-state index in [0.29, 0.717) is 36.5 Å². The number of methoxy groups -OCH3 is 1. The van der Waals surface area contributed by atoms with Gasteiger partial charge in [0.05, 0.1) is 24.5 Å². The van der Waals surface area contributed by atoms with Crippen LogP contribution in [0.2, 0.25) is 0 Å². The third-order valence-corrected chi connectivity index (χ3v) is 8.04. The van der Waals surface area contributed by atoms with Crippen molar-refractivity contribution < 1.29 is 57.1 Å². The summed E-state index contributed by atoms with van der Waals surface area (Å²) in [5.41, 5.74) is 0.315. The number of esters is 1. The Kier molecular flexibility index (Phi) is 7.82. The molecular formula is C26H31F3N2O9. The number of hydrogen-bond donors (Lipinski definition) is 4. The Balaban J connectivity index is 0.000000470. The van der Waals surface area contributed by atoms with Gasteiger partial charge in [0.25, 0.3) is 0 Å². The van der Waals surface area contributed by atoms with Crippen molar-refractivity contribution in [1.82, 2.24) is 10.2 Å². The lowest BCUT2D eigenvalue weighted by molar-refractivity contribution is -0.192. The van der Waals surface area contributed by atoms with Gasteiger partial charge in [0.1, 0.15) is 11.9 Å². The molecule has 1 amide bonds. The van der Waals surface area contributed by atoms with Crippen LogP contribution in [-0.2, 0) is 31.0 Å². The minimum atomic E-state index is -5.08. The third kappa shape index (κ3) is 4.77. The van der Waals surface area contributed by atoms with Crippen LogP contribution in [0.4, 0.5) is 13.2 Å². The summed E-state index contributed by atoms with van der Waals surface area (Å²) >= 11 is 0. The molecule has 1 saturated heterocycles. The van der Waals surface area contributed by atoms with Crippen molar-refractivity contribution in [3.8, 4) is 11.5 Å². The molecule has 2 heterocycles. The first-order valence-corrected chi connectivity index (χ1v) is 12.6. The first kappa shape index (κ1) is 29.6. The first-order chi connectivity index (χ1) is 18.7. The van der Waals surface area contributed by atoms with Crippen LogP contribution >= 0.6 is 0 Å². The van der Waals surface area contributed by atoms with Gasteiger partial charge in [-0.05, 0) is 51.1 Å². The number of aliphatic hydroxyl groups excluding tert-OH is 1. The highest BCUT2D eigenvalue weighted by Gasteiger charge is 2.72. The maximum atomic E-state index is 12.6. The van der Waals surface area contributed by atoms with Gasteiger partial charge in [0.2, 0.25) is 5.91 Å². The molecule has 2 aliphatic carbocycles. The highest BCUT2D eigenvalue weighted by atomic mass is 19.4. The number of rotatable bonds is 6. The molecule has 2 aliphatic heterocycles. The molecule has 0 radical (unpaired) electrons. The Morgan fingerprint density at radius 1 is 1.30 bits per heavy atom. The molecule has 4 N–H and O–H groups in total. The fraction of sp³-hybridized carbons (Fsp3) is 0.577. The summed E-state index contributed by atoms with van der Waals surface area (Å²) in [6, 6.07) is 3.86. The molecule has 14 heteroatoms. The molecule has 4 aliphatic rings. The molecule has 1 aromatic rings. The second-order valence-corrected chi connectivity index (χ2v) is 10.3. The Morgan fingerprint density at radius 2 is 1.98 bits per heavy atom. The van der Waals surface area contributed by atoms with E-state index in [4.69, 9.17) is 24.1 Å². The number of ether oxygens (including phenoxy) is 3. The van der Waals surface area contributed by atoms with Crippen molar-refractivity contribution in [2.24, 2.45) is 0 Å². The topological polar surface area (TPSA) is 155 Å². The first-order valence-electron chi connectivity index (χ1n) is 12.6. The van der Waals surface area contributed by atoms with Crippen LogP contribution in [0, 0.1) is 0 Å². The Hall–Kier alpha value is -3.36. The number of nitrogens with zero attached hydrogens (tertiary/aromatic N) is 1. The van der Waals surface area contributed by atoms with Gasteiger partial charge in [0, 0.05) is 24.6 Å². The lowest BCUT2D eigenvalue weighted by Gasteiger charge is -2.61. The minimum absolute atomic E-state index is 0.0489. The SMILES string of the molecule is COc1ccc2c3c1O[C@H]1C(OC(=O)CCNC(=O)[C@H](C)O)=CC[C@@]4(O)[C@@H](C2)N(C)CC[C@]314.O=C(O)C(F)(F)F. The molecule has 40 heavy (non-hydrogen) atoms. The molecule has 11 nitrogen and oxygen atoms in total. The van der Waals surface area contributed by atoms with Gasteiger partial charge in [-0.1, -0.05) is 6.07 Å². The number of likely N-dealkylation sites (tertiary alicyclic amines) is 1. The molecule has 1 aromatic carbocycles. The number of amides is 1. The third-order valence-electron chi connectivity index (χ3n) is 8.04. The molecule has 5 rings (SSSR count). The van der Waals surface area contributed by atoms with Crippen LogP contribution in [0.15, 0.2) is 24.0 Å². The lowest BCUT2D eigenvalue weighted by atomic mass is 9.50. The molecule has 220 valence electrons. The number of nitrogens with one attached hydrogen (secondary N) is 1. The molecule has 1 fully saturated rings. The van der Waals surface area contributed by atoms with E-state index in [1.165, 1.54) is 6.92 Å². The molecule has 2 bridgehead atoms. The number of carbonyl (C=O) groups is 3. The lowest BCUT2D eigenvalue weighted by Crippen LogP contribution is -2.74. The van der Waals surface area contributed by atoms with Crippen molar-refractivity contribution in [3.05, 3.63) is 35.1 Å². The Morgan fingerprint density at radius 3 is 2.58 bits per heavy atom. The zero-order chi connectivity index (χ0) is 29.6. The number of aliphatic hydroxyl groups is 2. The van der Waals surface area contributed by atoms with Crippen LogP contribution < -0.4 is 14.8 Å². The standard InChI is InChI=1S/C24H30N2O7.C2HF3O2/c1-13(27)22(29)25-10-7-18(28)32-16-6-8-24(30)17-12-14-4-5-15(31-3)20-19(14)23(24,21(16)33-20)9-11-26(17)2;3-2(4,5)1(6)7/h4-6,13,17,21,27,30H,7-12H2,1-3H3,(H,25,29);(H,6,7)/t13-,17+,21-,23-,24+;/m0./s1. The second-order valence-electron chi connectivity index (χ2n) is 10.3. The van der Waals surface area contributed by atoms with Gasteiger partial charge in [-0.2, -0.15) is 13.2 Å². The molecular weight excluding hydrogens is 541 g/mol. The monoisotopic (exact) mass is 572 g/mol. The maximum Gasteiger partial charge on any atom is 0.490 e. The highest BCUT2D eigenvalue weighted by Crippen LogP contribution is 2.65. The number of likely N-dealkylation sites (N-methyl/N-ethyl adjacent to an activating group) is 1. The fourth-order valence-corrected chi connectivity index (χ4v) is 6.21. The minimum Gasteiger partial charge on any atom is -0.493 e. The van der Waals surface area contributed by atoms with Crippen molar-refractivity contribution in [2.75, 3.05) is 27.2 Å². The zero-order valence-electron chi connectivity index (χ0n) is 22.1. The van der Waals surface area contributed by atoms with E-state index in [1.54, 1.807) is 13.2 Å². The van der Waals surface area contributed by atoms with Gasteiger partial charge in [-0.15, -0.1) is 0 Å². The van der Waals surface area contributed by atoms with Crippen molar-refractivity contribution >= 4 is 17.8 Å². The number of alkyl halides is 3. The van der Waals surface area contributed by atoms with Gasteiger partial charge in [-0.3, -0.25) is 9.59 Å². The maximum absolute atomic E-state index is 12.6.